The van der Waals surface area contributed by atoms with E-state index >= 15 is 0 Å². The molecule has 0 radical (unpaired) electrons. The maximum absolute atomic E-state index is 14.4. The number of thioether (sulfide) groups is 1. The number of hydrogen-bond acceptors (Lipinski definition) is 5. The van der Waals surface area contributed by atoms with Gasteiger partial charge in [0.25, 0.3) is 0 Å². The van der Waals surface area contributed by atoms with E-state index in [4.69, 9.17) is 16.3 Å². The fourth-order valence-corrected chi connectivity index (χ4v) is 7.34. The van der Waals surface area contributed by atoms with Gasteiger partial charge in [-0.3, -0.25) is 9.78 Å². The van der Waals surface area contributed by atoms with Crippen LogP contribution in [0.5, 0.6) is 5.75 Å². The Hall–Kier alpha value is -2.64. The van der Waals surface area contributed by atoms with Crippen LogP contribution < -0.4 is 4.74 Å². The van der Waals surface area contributed by atoms with Gasteiger partial charge in [-0.15, -0.1) is 11.8 Å². The maximum Gasteiger partial charge on any atom is 0.214 e. The quantitative estimate of drug-likeness (QED) is 0.288. The van der Waals surface area contributed by atoms with Crippen LogP contribution >= 0.6 is 39.3 Å². The zero-order valence-electron chi connectivity index (χ0n) is 19.0. The Bertz CT molecular complexity index is 1440. The molecule has 4 nitrogen and oxygen atoms in total. The Kier molecular flexibility index (Phi) is 5.96. The molecule has 6 rings (SSSR count). The van der Waals surface area contributed by atoms with Crippen LogP contribution in [0, 0.1) is 0 Å². The molecule has 1 aliphatic heterocycles. The third-order valence-corrected chi connectivity index (χ3v) is 9.11. The van der Waals surface area contributed by atoms with E-state index in [1.807, 2.05) is 84.9 Å². The maximum atomic E-state index is 14.4. The van der Waals surface area contributed by atoms with E-state index in [1.54, 1.807) is 6.07 Å². The monoisotopic (exact) mass is 577 g/mol. The number of ether oxygens (including phenoxy) is 1. The number of aliphatic hydroxyl groups is 1. The summed E-state index contributed by atoms with van der Waals surface area (Å²) < 4.78 is 7.59. The van der Waals surface area contributed by atoms with Crippen molar-refractivity contribution >= 4 is 45.1 Å². The summed E-state index contributed by atoms with van der Waals surface area (Å²) in [6, 6.07) is 29.1. The molecule has 1 N–H and O–H groups in total. The van der Waals surface area contributed by atoms with E-state index in [-0.39, 0.29) is 11.5 Å². The Balaban J connectivity index is 1.58. The molecule has 0 spiro atoms. The number of aromatic nitrogens is 1. The molecule has 0 saturated heterocycles. The second kappa shape index (κ2) is 9.03. The lowest BCUT2D eigenvalue weighted by Crippen LogP contribution is -2.51. The van der Waals surface area contributed by atoms with Crippen LogP contribution in [0.2, 0.25) is 5.02 Å². The highest BCUT2D eigenvalue weighted by molar-refractivity contribution is 9.10. The lowest BCUT2D eigenvalue weighted by Gasteiger charge is -2.39. The van der Waals surface area contributed by atoms with Crippen molar-refractivity contribution in [3.8, 4) is 5.75 Å². The number of hydrogen-bond donors (Lipinski definition) is 1. The van der Waals surface area contributed by atoms with E-state index in [1.165, 1.54) is 18.0 Å². The average Bonchev–Trinajstić information content (AvgIpc) is 3.26. The largest absolute Gasteiger partial charge is 0.476 e. The second-order valence-electron chi connectivity index (χ2n) is 9.03. The van der Waals surface area contributed by atoms with E-state index in [0.717, 1.165) is 15.6 Å². The van der Waals surface area contributed by atoms with Gasteiger partial charge in [0.1, 0.15) is 11.4 Å². The first-order valence-corrected chi connectivity index (χ1v) is 13.8. The van der Waals surface area contributed by atoms with Crippen LogP contribution in [0.3, 0.4) is 0 Å². The lowest BCUT2D eigenvalue weighted by atomic mass is 9.72. The molecule has 2 heterocycles. The Morgan fingerprint density at radius 3 is 2.36 bits per heavy atom. The molecule has 3 aromatic carbocycles. The number of benzene rings is 3. The van der Waals surface area contributed by atoms with Gasteiger partial charge >= 0.3 is 0 Å². The number of fused-ring (bicyclic) bond motifs is 3. The minimum Gasteiger partial charge on any atom is -0.476 e. The van der Waals surface area contributed by atoms with Gasteiger partial charge < -0.3 is 9.84 Å². The molecular formula is C29H21BrClNO3S. The van der Waals surface area contributed by atoms with Crippen LogP contribution in [-0.4, -0.2) is 21.1 Å². The summed E-state index contributed by atoms with van der Waals surface area (Å²) in [7, 11) is 0. The molecule has 1 aliphatic carbocycles. The number of nitrogens with zero attached hydrogens (tertiary/aromatic N) is 1. The number of halogens is 2. The molecule has 4 aromatic rings. The van der Waals surface area contributed by atoms with Gasteiger partial charge in [0, 0.05) is 22.5 Å². The van der Waals surface area contributed by atoms with Crippen LogP contribution in [0.15, 0.2) is 102 Å². The zero-order valence-corrected chi connectivity index (χ0v) is 22.1. The minimum absolute atomic E-state index is 0.212. The van der Waals surface area contributed by atoms with Crippen molar-refractivity contribution in [2.45, 2.75) is 28.1 Å². The topological polar surface area (TPSA) is 59.4 Å². The SMILES string of the molecule is O=C1C(SCc2ccccc2)C(c2ccccc2)C2(c3ccc(Br)cc3)Oc3cc(Cl)cnc3C12O. The number of ketones is 1. The van der Waals surface area contributed by atoms with Crippen molar-refractivity contribution in [1.29, 1.82) is 0 Å². The molecule has 7 heteroatoms. The van der Waals surface area contributed by atoms with Gasteiger partial charge in [0.15, 0.2) is 11.4 Å². The van der Waals surface area contributed by atoms with Crippen molar-refractivity contribution in [2.24, 2.45) is 0 Å². The summed E-state index contributed by atoms with van der Waals surface area (Å²) in [5, 5.41) is 12.3. The standard InChI is InChI=1S/C29H21BrClNO3S/c30-21-13-11-20(12-14-21)29-24(19-9-5-2-6-10-19)25(36-17-18-7-3-1-4-8-18)27(33)28(29,34)26-23(35-29)15-22(31)16-32-26/h1-16,24-25,34H,17H2. The van der Waals surface area contributed by atoms with Gasteiger partial charge in [0.05, 0.1) is 16.2 Å². The van der Waals surface area contributed by atoms with Gasteiger partial charge in [0.2, 0.25) is 5.60 Å². The highest BCUT2D eigenvalue weighted by Crippen LogP contribution is 2.66. The molecule has 180 valence electrons. The van der Waals surface area contributed by atoms with Crippen molar-refractivity contribution < 1.29 is 14.6 Å². The highest BCUT2D eigenvalue weighted by Gasteiger charge is 2.77. The summed E-state index contributed by atoms with van der Waals surface area (Å²) >= 11 is 11.3. The summed E-state index contributed by atoms with van der Waals surface area (Å²) in [5.41, 5.74) is -0.476. The van der Waals surface area contributed by atoms with Gasteiger partial charge in [-0.2, -0.15) is 0 Å². The van der Waals surface area contributed by atoms with Crippen LogP contribution in [0.1, 0.15) is 28.3 Å². The molecule has 1 aromatic heterocycles. The molecule has 4 unspecified atom stereocenters. The minimum atomic E-state index is -1.99. The third kappa shape index (κ3) is 3.46. The lowest BCUT2D eigenvalue weighted by molar-refractivity contribution is -0.151. The summed E-state index contributed by atoms with van der Waals surface area (Å²) in [5.74, 6) is 0.148. The fraction of sp³-hybridized carbons (Fsp3) is 0.172. The van der Waals surface area contributed by atoms with E-state index < -0.39 is 22.4 Å². The predicted octanol–water partition coefficient (Wildman–Crippen LogP) is 6.64. The first-order chi connectivity index (χ1) is 17.4. The normalized spacial score (nSPS) is 26.4. The molecular weight excluding hydrogens is 558 g/mol. The Morgan fingerprint density at radius 1 is 1.00 bits per heavy atom. The van der Waals surface area contributed by atoms with Crippen LogP contribution in [-0.2, 0) is 21.7 Å². The van der Waals surface area contributed by atoms with E-state index in [9.17, 15) is 9.90 Å². The molecule has 36 heavy (non-hydrogen) atoms. The molecule has 0 amide bonds. The second-order valence-corrected chi connectivity index (χ2v) is 11.5. The first kappa shape index (κ1) is 23.7. The van der Waals surface area contributed by atoms with Crippen LogP contribution in [0.4, 0.5) is 0 Å². The predicted molar refractivity (Wildman–Crippen MR) is 145 cm³/mol. The number of rotatable bonds is 5. The van der Waals surface area contributed by atoms with Crippen LogP contribution in [0.25, 0.3) is 0 Å². The third-order valence-electron chi connectivity index (χ3n) is 7.03. The van der Waals surface area contributed by atoms with Crippen molar-refractivity contribution in [3.63, 3.8) is 0 Å². The summed E-state index contributed by atoms with van der Waals surface area (Å²) in [6.07, 6.45) is 1.45. The number of pyridine rings is 1. The molecule has 0 bridgehead atoms. The van der Waals surface area contributed by atoms with Crippen molar-refractivity contribution in [2.75, 3.05) is 0 Å². The van der Waals surface area contributed by atoms with Crippen molar-refractivity contribution in [1.82, 2.24) is 4.98 Å². The molecule has 1 fully saturated rings. The van der Waals surface area contributed by atoms with Gasteiger partial charge in [-0.25, -0.2) is 0 Å². The number of carbonyl (C=O) groups is 1. The fourth-order valence-electron chi connectivity index (χ4n) is 5.50. The molecule has 2 aliphatic rings. The van der Waals surface area contributed by atoms with Gasteiger partial charge in [-0.05, 0) is 28.8 Å². The zero-order chi connectivity index (χ0) is 24.9. The molecule has 1 saturated carbocycles. The molecule has 4 atom stereocenters. The Morgan fingerprint density at radius 2 is 1.67 bits per heavy atom. The highest BCUT2D eigenvalue weighted by atomic mass is 79.9. The summed E-state index contributed by atoms with van der Waals surface area (Å²) in [4.78, 5) is 18.8. The first-order valence-electron chi connectivity index (χ1n) is 11.5. The average molecular weight is 579 g/mol. The van der Waals surface area contributed by atoms with E-state index in [0.29, 0.717) is 22.1 Å². The smallest absolute Gasteiger partial charge is 0.214 e. The summed E-state index contributed by atoms with van der Waals surface area (Å²) in [6.45, 7) is 0. The van der Waals surface area contributed by atoms with Crippen molar-refractivity contribution in [3.05, 3.63) is 129 Å². The van der Waals surface area contributed by atoms with E-state index in [2.05, 4.69) is 20.9 Å². The van der Waals surface area contributed by atoms with Gasteiger partial charge in [-0.1, -0.05) is 100 Å². The number of carbonyl (C=O) groups excluding carboxylic acids is 1. The number of Topliss-reactive ketones (excluding diaryl/α,β-unsaturated/α-hetero) is 1. The Labute approximate surface area is 226 Å².